The summed E-state index contributed by atoms with van der Waals surface area (Å²) in [6, 6.07) is 16.0. The Morgan fingerprint density at radius 3 is 2.42 bits per heavy atom. The van der Waals surface area contributed by atoms with Gasteiger partial charge >= 0.3 is 11.9 Å². The SMILES string of the molecule is CCN1C(=O)/C(=C\c2ccc(-c3ccc(C(=O)O)cc3)o2)SC1=Nc1cccc(C(=O)O)c1. The number of nitrogens with zero attached hydrogens (tertiary/aromatic N) is 2. The number of carbonyl (C=O) groups excluding carboxylic acids is 1. The van der Waals surface area contributed by atoms with Gasteiger partial charge in [-0.2, -0.15) is 0 Å². The average Bonchev–Trinajstić information content (AvgIpc) is 3.38. The van der Waals surface area contributed by atoms with Crippen LogP contribution in [0.15, 0.2) is 75.0 Å². The molecule has 9 heteroatoms. The van der Waals surface area contributed by atoms with Crippen molar-refractivity contribution in [3.63, 3.8) is 0 Å². The van der Waals surface area contributed by atoms with E-state index in [9.17, 15) is 19.5 Å². The number of amides is 1. The molecule has 0 radical (unpaired) electrons. The second kappa shape index (κ2) is 9.17. The van der Waals surface area contributed by atoms with E-state index in [4.69, 9.17) is 9.52 Å². The molecule has 0 saturated carbocycles. The summed E-state index contributed by atoms with van der Waals surface area (Å²) in [5.41, 5.74) is 1.45. The summed E-state index contributed by atoms with van der Waals surface area (Å²) in [7, 11) is 0. The Kier molecular flexibility index (Phi) is 6.14. The van der Waals surface area contributed by atoms with Crippen LogP contribution in [-0.4, -0.2) is 44.7 Å². The van der Waals surface area contributed by atoms with Crippen LogP contribution in [-0.2, 0) is 4.79 Å². The van der Waals surface area contributed by atoms with E-state index in [1.807, 2.05) is 6.92 Å². The third-order valence-electron chi connectivity index (χ3n) is 4.84. The van der Waals surface area contributed by atoms with Crippen LogP contribution in [0.25, 0.3) is 17.4 Å². The summed E-state index contributed by atoms with van der Waals surface area (Å²) in [5, 5.41) is 18.6. The number of aromatic carboxylic acids is 2. The third kappa shape index (κ3) is 4.73. The van der Waals surface area contributed by atoms with Gasteiger partial charge in [0.1, 0.15) is 11.5 Å². The molecule has 1 saturated heterocycles. The van der Waals surface area contributed by atoms with Crippen molar-refractivity contribution in [1.82, 2.24) is 4.90 Å². The van der Waals surface area contributed by atoms with Crippen LogP contribution in [0.4, 0.5) is 5.69 Å². The number of aliphatic imine (C=N–C) groups is 1. The molecule has 0 unspecified atom stereocenters. The van der Waals surface area contributed by atoms with Gasteiger partial charge in [-0.1, -0.05) is 18.2 Å². The van der Waals surface area contributed by atoms with Crippen molar-refractivity contribution in [3.8, 4) is 11.3 Å². The molecule has 1 aliphatic heterocycles. The number of amidine groups is 1. The predicted octanol–water partition coefficient (Wildman–Crippen LogP) is 4.97. The van der Waals surface area contributed by atoms with Crippen LogP contribution < -0.4 is 0 Å². The smallest absolute Gasteiger partial charge is 0.335 e. The number of carboxylic acid groups (broad SMARTS) is 2. The van der Waals surface area contributed by atoms with Gasteiger partial charge in [-0.25, -0.2) is 14.6 Å². The molecule has 0 bridgehead atoms. The highest BCUT2D eigenvalue weighted by atomic mass is 32.2. The van der Waals surface area contributed by atoms with Crippen LogP contribution in [0.3, 0.4) is 0 Å². The monoisotopic (exact) mass is 462 g/mol. The quantitative estimate of drug-likeness (QED) is 0.496. The minimum absolute atomic E-state index is 0.115. The highest BCUT2D eigenvalue weighted by molar-refractivity contribution is 8.18. The normalized spacial score (nSPS) is 16.0. The van der Waals surface area contributed by atoms with Gasteiger partial charge in [0.25, 0.3) is 5.91 Å². The zero-order valence-electron chi connectivity index (χ0n) is 17.4. The van der Waals surface area contributed by atoms with Crippen LogP contribution in [0, 0.1) is 0 Å². The van der Waals surface area contributed by atoms with Gasteiger partial charge in [0.05, 0.1) is 21.7 Å². The molecule has 2 N–H and O–H groups in total. The van der Waals surface area contributed by atoms with E-state index in [1.165, 1.54) is 40.9 Å². The van der Waals surface area contributed by atoms with E-state index in [2.05, 4.69) is 4.99 Å². The Labute approximate surface area is 192 Å². The maximum Gasteiger partial charge on any atom is 0.335 e. The minimum Gasteiger partial charge on any atom is -0.478 e. The molecule has 2 heterocycles. The van der Waals surface area contributed by atoms with Crippen molar-refractivity contribution in [2.24, 2.45) is 4.99 Å². The van der Waals surface area contributed by atoms with Crippen molar-refractivity contribution in [2.45, 2.75) is 6.92 Å². The molecule has 1 aliphatic rings. The number of carboxylic acids is 2. The first kappa shape index (κ1) is 22.1. The number of furan rings is 1. The van der Waals surface area contributed by atoms with E-state index >= 15 is 0 Å². The summed E-state index contributed by atoms with van der Waals surface area (Å²) in [4.78, 5) is 41.5. The van der Waals surface area contributed by atoms with Crippen LogP contribution in [0.5, 0.6) is 0 Å². The molecule has 0 aliphatic carbocycles. The van der Waals surface area contributed by atoms with E-state index in [-0.39, 0.29) is 17.0 Å². The van der Waals surface area contributed by atoms with Crippen LogP contribution in [0.2, 0.25) is 0 Å². The van der Waals surface area contributed by atoms with Crippen molar-refractivity contribution < 1.29 is 29.0 Å². The Hall–Kier alpha value is -4.11. The maximum atomic E-state index is 12.9. The molecule has 0 atom stereocenters. The van der Waals surface area contributed by atoms with Crippen molar-refractivity contribution in [3.05, 3.63) is 82.5 Å². The molecule has 1 amide bonds. The first-order chi connectivity index (χ1) is 15.9. The van der Waals surface area contributed by atoms with Gasteiger partial charge < -0.3 is 14.6 Å². The lowest BCUT2D eigenvalue weighted by molar-refractivity contribution is -0.122. The van der Waals surface area contributed by atoms with E-state index in [0.29, 0.717) is 39.4 Å². The summed E-state index contributed by atoms with van der Waals surface area (Å²) < 4.78 is 5.83. The van der Waals surface area contributed by atoms with Gasteiger partial charge in [0, 0.05) is 18.2 Å². The van der Waals surface area contributed by atoms with E-state index in [0.717, 1.165) is 0 Å². The summed E-state index contributed by atoms with van der Waals surface area (Å²) in [6.45, 7) is 2.23. The number of thioether (sulfide) groups is 1. The Morgan fingerprint density at radius 2 is 1.76 bits per heavy atom. The van der Waals surface area contributed by atoms with Gasteiger partial charge in [-0.15, -0.1) is 0 Å². The topological polar surface area (TPSA) is 120 Å². The fourth-order valence-corrected chi connectivity index (χ4v) is 4.22. The highest BCUT2D eigenvalue weighted by Gasteiger charge is 2.32. The van der Waals surface area contributed by atoms with Crippen molar-refractivity contribution in [2.75, 3.05) is 6.54 Å². The third-order valence-corrected chi connectivity index (χ3v) is 5.85. The van der Waals surface area contributed by atoms with Crippen molar-refractivity contribution >= 4 is 46.5 Å². The zero-order chi connectivity index (χ0) is 23.5. The molecular weight excluding hydrogens is 444 g/mol. The standard InChI is InChI=1S/C24H18N2O6S/c1-2-26-21(27)20(33-24(26)25-17-5-3-4-16(12-17)23(30)31)13-18-10-11-19(32-18)14-6-8-15(9-7-14)22(28)29/h3-13H,2H2,1H3,(H,28,29)(H,30,31)/b20-13+,25-24?. The first-order valence-electron chi connectivity index (χ1n) is 9.92. The first-order valence-corrected chi connectivity index (χ1v) is 10.7. The molecule has 3 aromatic rings. The Bertz CT molecular complexity index is 1310. The van der Waals surface area contributed by atoms with E-state index < -0.39 is 11.9 Å². The number of likely N-dealkylation sites (N-methyl/N-ethyl adjacent to an activating group) is 1. The minimum atomic E-state index is -1.05. The number of hydrogen-bond acceptors (Lipinski definition) is 6. The van der Waals surface area contributed by atoms with Gasteiger partial charge in [-0.3, -0.25) is 9.69 Å². The molecule has 0 spiro atoms. The van der Waals surface area contributed by atoms with Gasteiger partial charge in [0.2, 0.25) is 0 Å². The zero-order valence-corrected chi connectivity index (χ0v) is 18.2. The molecule has 166 valence electrons. The number of benzene rings is 2. The molecule has 1 fully saturated rings. The van der Waals surface area contributed by atoms with Gasteiger partial charge in [-0.05, 0) is 61.2 Å². The summed E-state index contributed by atoms with van der Waals surface area (Å²) in [6.07, 6.45) is 1.63. The summed E-state index contributed by atoms with van der Waals surface area (Å²) in [5.74, 6) is -1.27. The maximum absolute atomic E-state index is 12.9. The highest BCUT2D eigenvalue weighted by Crippen LogP contribution is 2.35. The lowest BCUT2D eigenvalue weighted by Gasteiger charge is -2.12. The fourth-order valence-electron chi connectivity index (χ4n) is 3.18. The second-order valence-corrected chi connectivity index (χ2v) is 8.00. The van der Waals surface area contributed by atoms with E-state index in [1.54, 1.807) is 42.5 Å². The fraction of sp³-hybridized carbons (Fsp3) is 0.0833. The number of carbonyl (C=O) groups is 3. The predicted molar refractivity (Wildman–Crippen MR) is 125 cm³/mol. The lowest BCUT2D eigenvalue weighted by atomic mass is 10.1. The number of hydrogen-bond donors (Lipinski definition) is 2. The summed E-state index contributed by atoms with van der Waals surface area (Å²) >= 11 is 1.18. The lowest BCUT2D eigenvalue weighted by Crippen LogP contribution is -2.28. The molecule has 4 rings (SSSR count). The Balaban J connectivity index is 1.59. The molecule has 2 aromatic carbocycles. The average molecular weight is 462 g/mol. The van der Waals surface area contributed by atoms with Crippen LogP contribution in [0.1, 0.15) is 33.4 Å². The molecule has 8 nitrogen and oxygen atoms in total. The van der Waals surface area contributed by atoms with Crippen LogP contribution >= 0.6 is 11.8 Å². The second-order valence-electron chi connectivity index (χ2n) is 6.99. The molecule has 33 heavy (non-hydrogen) atoms. The van der Waals surface area contributed by atoms with Crippen molar-refractivity contribution in [1.29, 1.82) is 0 Å². The number of rotatable bonds is 6. The van der Waals surface area contributed by atoms with Gasteiger partial charge in [0.15, 0.2) is 5.17 Å². The molecule has 1 aromatic heterocycles. The largest absolute Gasteiger partial charge is 0.478 e. The Morgan fingerprint density at radius 1 is 1.03 bits per heavy atom. The molecular formula is C24H18N2O6S.